The van der Waals surface area contributed by atoms with E-state index in [9.17, 15) is 0 Å². The number of pyridine rings is 1. The molecular formula is C12H18N2. The molecule has 14 heavy (non-hydrogen) atoms. The molecule has 1 aromatic rings. The van der Waals surface area contributed by atoms with Crippen molar-refractivity contribution in [3.05, 3.63) is 29.1 Å². The first-order valence-electron chi connectivity index (χ1n) is 5.57. The van der Waals surface area contributed by atoms with Gasteiger partial charge in [0.2, 0.25) is 0 Å². The fourth-order valence-electron chi connectivity index (χ4n) is 2.22. The number of fused-ring (bicyclic) bond motifs is 1. The summed E-state index contributed by atoms with van der Waals surface area (Å²) in [6.45, 7) is 0.789. The van der Waals surface area contributed by atoms with Crippen LogP contribution >= 0.6 is 0 Å². The molecule has 0 saturated carbocycles. The molecule has 1 aliphatic rings. The molecule has 76 valence electrons. The predicted octanol–water partition coefficient (Wildman–Crippen LogP) is 1.85. The van der Waals surface area contributed by atoms with Crippen LogP contribution in [0.25, 0.3) is 0 Å². The van der Waals surface area contributed by atoms with E-state index >= 15 is 0 Å². The SMILES string of the molecule is NCCCc1ccnc2c1CCCC2. The lowest BCUT2D eigenvalue weighted by Crippen LogP contribution is -2.09. The molecule has 2 N–H and O–H groups in total. The Morgan fingerprint density at radius 1 is 1.29 bits per heavy atom. The fourth-order valence-corrected chi connectivity index (χ4v) is 2.22. The van der Waals surface area contributed by atoms with Crippen LogP contribution in [0.2, 0.25) is 0 Å². The Morgan fingerprint density at radius 2 is 2.14 bits per heavy atom. The Hall–Kier alpha value is -0.890. The van der Waals surface area contributed by atoms with Gasteiger partial charge in [-0.05, 0) is 62.3 Å². The highest BCUT2D eigenvalue weighted by atomic mass is 14.7. The van der Waals surface area contributed by atoms with Crippen LogP contribution in [-0.4, -0.2) is 11.5 Å². The van der Waals surface area contributed by atoms with Crippen molar-refractivity contribution in [1.29, 1.82) is 0 Å². The zero-order valence-corrected chi connectivity index (χ0v) is 8.63. The van der Waals surface area contributed by atoms with Crippen LogP contribution < -0.4 is 5.73 Å². The van der Waals surface area contributed by atoms with Crippen molar-refractivity contribution in [1.82, 2.24) is 4.98 Å². The van der Waals surface area contributed by atoms with Gasteiger partial charge in [-0.15, -0.1) is 0 Å². The monoisotopic (exact) mass is 190 g/mol. The number of aryl methyl sites for hydroxylation is 2. The second kappa shape index (κ2) is 4.56. The molecule has 1 aromatic heterocycles. The molecule has 0 aliphatic heterocycles. The Bertz CT molecular complexity index is 307. The first kappa shape index (κ1) is 9.66. The summed E-state index contributed by atoms with van der Waals surface area (Å²) in [5, 5.41) is 0. The summed E-state index contributed by atoms with van der Waals surface area (Å²) in [7, 11) is 0. The zero-order chi connectivity index (χ0) is 9.80. The van der Waals surface area contributed by atoms with Gasteiger partial charge in [0.1, 0.15) is 0 Å². The highest BCUT2D eigenvalue weighted by molar-refractivity contribution is 5.32. The minimum Gasteiger partial charge on any atom is -0.330 e. The van der Waals surface area contributed by atoms with Gasteiger partial charge < -0.3 is 5.73 Å². The fraction of sp³-hybridized carbons (Fsp3) is 0.583. The molecular weight excluding hydrogens is 172 g/mol. The molecule has 2 nitrogen and oxygen atoms in total. The number of aromatic nitrogens is 1. The van der Waals surface area contributed by atoms with Crippen LogP contribution in [0, 0.1) is 0 Å². The second-order valence-corrected chi connectivity index (χ2v) is 3.99. The molecule has 0 unspecified atom stereocenters. The average molecular weight is 190 g/mol. The minimum absolute atomic E-state index is 0.789. The summed E-state index contributed by atoms with van der Waals surface area (Å²) in [5.41, 5.74) is 9.88. The predicted molar refractivity (Wildman–Crippen MR) is 58.3 cm³/mol. The normalized spacial score (nSPS) is 15.2. The third-order valence-electron chi connectivity index (χ3n) is 2.98. The van der Waals surface area contributed by atoms with Gasteiger partial charge >= 0.3 is 0 Å². The number of rotatable bonds is 3. The lowest BCUT2D eigenvalue weighted by Gasteiger charge is -2.17. The van der Waals surface area contributed by atoms with E-state index in [-0.39, 0.29) is 0 Å². The van der Waals surface area contributed by atoms with E-state index in [0.29, 0.717) is 0 Å². The van der Waals surface area contributed by atoms with Crippen LogP contribution in [0.15, 0.2) is 12.3 Å². The first-order chi connectivity index (χ1) is 6.92. The van der Waals surface area contributed by atoms with Gasteiger partial charge in [0.25, 0.3) is 0 Å². The maximum Gasteiger partial charge on any atom is 0.0438 e. The summed E-state index contributed by atoms with van der Waals surface area (Å²) in [6.07, 6.45) is 9.21. The quantitative estimate of drug-likeness (QED) is 0.790. The molecule has 1 aliphatic carbocycles. The standard InChI is InChI=1S/C12H18N2/c13-8-3-4-10-7-9-14-12-6-2-1-5-11(10)12/h7,9H,1-6,8,13H2. The Balaban J connectivity index is 2.21. The summed E-state index contributed by atoms with van der Waals surface area (Å²) in [6, 6.07) is 2.17. The summed E-state index contributed by atoms with van der Waals surface area (Å²) in [5.74, 6) is 0. The highest BCUT2D eigenvalue weighted by Crippen LogP contribution is 2.23. The van der Waals surface area contributed by atoms with Gasteiger partial charge in [0, 0.05) is 11.9 Å². The highest BCUT2D eigenvalue weighted by Gasteiger charge is 2.13. The van der Waals surface area contributed by atoms with Gasteiger partial charge in [-0.3, -0.25) is 4.98 Å². The van der Waals surface area contributed by atoms with Crippen LogP contribution in [0.5, 0.6) is 0 Å². The van der Waals surface area contributed by atoms with Crippen molar-refractivity contribution >= 4 is 0 Å². The lowest BCUT2D eigenvalue weighted by atomic mass is 9.91. The third-order valence-corrected chi connectivity index (χ3v) is 2.98. The van der Waals surface area contributed by atoms with Crippen molar-refractivity contribution in [2.45, 2.75) is 38.5 Å². The number of hydrogen-bond acceptors (Lipinski definition) is 2. The number of hydrogen-bond donors (Lipinski definition) is 1. The van der Waals surface area contributed by atoms with Gasteiger partial charge in [-0.1, -0.05) is 0 Å². The third kappa shape index (κ3) is 1.95. The average Bonchev–Trinajstić information content (AvgIpc) is 2.26. The summed E-state index contributed by atoms with van der Waals surface area (Å²) < 4.78 is 0. The van der Waals surface area contributed by atoms with E-state index < -0.39 is 0 Å². The molecule has 0 fully saturated rings. The van der Waals surface area contributed by atoms with Crippen LogP contribution in [0.4, 0.5) is 0 Å². The Labute approximate surface area is 85.5 Å². The van der Waals surface area contributed by atoms with Crippen molar-refractivity contribution < 1.29 is 0 Å². The first-order valence-corrected chi connectivity index (χ1v) is 5.57. The topological polar surface area (TPSA) is 38.9 Å². The van der Waals surface area contributed by atoms with E-state index in [1.54, 1.807) is 0 Å². The van der Waals surface area contributed by atoms with Crippen molar-refractivity contribution in [3.8, 4) is 0 Å². The smallest absolute Gasteiger partial charge is 0.0438 e. The zero-order valence-electron chi connectivity index (χ0n) is 8.63. The number of nitrogens with zero attached hydrogens (tertiary/aromatic N) is 1. The van der Waals surface area contributed by atoms with Gasteiger partial charge in [-0.25, -0.2) is 0 Å². The molecule has 0 aromatic carbocycles. The molecule has 0 bridgehead atoms. The van der Waals surface area contributed by atoms with Gasteiger partial charge in [-0.2, -0.15) is 0 Å². The molecule has 2 heteroatoms. The Morgan fingerprint density at radius 3 is 3.00 bits per heavy atom. The number of nitrogens with two attached hydrogens (primary N) is 1. The molecule has 2 rings (SSSR count). The maximum atomic E-state index is 5.54. The molecule has 0 spiro atoms. The maximum absolute atomic E-state index is 5.54. The van der Waals surface area contributed by atoms with E-state index in [2.05, 4.69) is 11.1 Å². The van der Waals surface area contributed by atoms with Crippen molar-refractivity contribution in [3.63, 3.8) is 0 Å². The minimum atomic E-state index is 0.789. The van der Waals surface area contributed by atoms with E-state index in [1.807, 2.05) is 6.20 Å². The molecule has 0 amide bonds. The molecule has 1 heterocycles. The van der Waals surface area contributed by atoms with E-state index in [1.165, 1.54) is 42.5 Å². The van der Waals surface area contributed by atoms with Crippen molar-refractivity contribution in [2.75, 3.05) is 6.54 Å². The summed E-state index contributed by atoms with van der Waals surface area (Å²) in [4.78, 5) is 4.46. The van der Waals surface area contributed by atoms with Gasteiger partial charge in [0.05, 0.1) is 0 Å². The summed E-state index contributed by atoms with van der Waals surface area (Å²) >= 11 is 0. The van der Waals surface area contributed by atoms with Gasteiger partial charge in [0.15, 0.2) is 0 Å². The molecule has 0 atom stereocenters. The van der Waals surface area contributed by atoms with E-state index in [4.69, 9.17) is 5.73 Å². The van der Waals surface area contributed by atoms with Crippen LogP contribution in [-0.2, 0) is 19.3 Å². The molecule has 0 saturated heterocycles. The van der Waals surface area contributed by atoms with Crippen molar-refractivity contribution in [2.24, 2.45) is 5.73 Å². The second-order valence-electron chi connectivity index (χ2n) is 3.99. The molecule has 0 radical (unpaired) electrons. The lowest BCUT2D eigenvalue weighted by molar-refractivity contribution is 0.656. The van der Waals surface area contributed by atoms with Crippen LogP contribution in [0.3, 0.4) is 0 Å². The van der Waals surface area contributed by atoms with Crippen LogP contribution in [0.1, 0.15) is 36.1 Å². The van der Waals surface area contributed by atoms with E-state index in [0.717, 1.165) is 19.4 Å². The Kier molecular flexibility index (Phi) is 3.14. The largest absolute Gasteiger partial charge is 0.330 e.